The van der Waals surface area contributed by atoms with Crippen LogP contribution in [-0.4, -0.2) is 54.7 Å². The van der Waals surface area contributed by atoms with Crippen molar-refractivity contribution < 1.29 is 4.79 Å². The highest BCUT2D eigenvalue weighted by Gasteiger charge is 2.18. The average Bonchev–Trinajstić information content (AvgIpc) is 2.45. The van der Waals surface area contributed by atoms with Crippen LogP contribution >= 0.6 is 11.8 Å². The Kier molecular flexibility index (Phi) is 5.73. The lowest BCUT2D eigenvalue weighted by Gasteiger charge is -2.32. The summed E-state index contributed by atoms with van der Waals surface area (Å²) >= 11 is 1.84. The van der Waals surface area contributed by atoms with E-state index in [1.54, 1.807) is 0 Å². The molecule has 0 spiro atoms. The summed E-state index contributed by atoms with van der Waals surface area (Å²) in [5.74, 6) is 2.23. The van der Waals surface area contributed by atoms with Crippen LogP contribution in [0.3, 0.4) is 0 Å². The van der Waals surface area contributed by atoms with Crippen LogP contribution in [0.2, 0.25) is 0 Å². The van der Waals surface area contributed by atoms with E-state index in [-0.39, 0.29) is 0 Å². The van der Waals surface area contributed by atoms with Crippen LogP contribution in [0.5, 0.6) is 0 Å². The van der Waals surface area contributed by atoms with Gasteiger partial charge in [0.15, 0.2) is 0 Å². The van der Waals surface area contributed by atoms with E-state index >= 15 is 0 Å². The Bertz CT molecular complexity index is 388. The second-order valence-electron chi connectivity index (χ2n) is 4.97. The van der Waals surface area contributed by atoms with Crippen LogP contribution in [0.25, 0.3) is 0 Å². The average molecular weight is 278 g/mol. The molecule has 4 heteroatoms. The van der Waals surface area contributed by atoms with Gasteiger partial charge in [-0.1, -0.05) is 30.3 Å². The molecule has 0 N–H and O–H groups in total. The standard InChI is InChI=1S/C15H22N2OS/c1-16-8-10-17(11-9-16)15(18)7-12-19-13-14-5-3-2-4-6-14/h2-6H,7-13H2,1H3. The maximum absolute atomic E-state index is 12.0. The minimum atomic E-state index is 0.314. The van der Waals surface area contributed by atoms with Gasteiger partial charge in [-0.25, -0.2) is 0 Å². The summed E-state index contributed by atoms with van der Waals surface area (Å²) in [6, 6.07) is 10.4. The largest absolute Gasteiger partial charge is 0.340 e. The summed E-state index contributed by atoms with van der Waals surface area (Å²) in [5, 5.41) is 0. The Morgan fingerprint density at radius 2 is 1.84 bits per heavy atom. The lowest BCUT2D eigenvalue weighted by atomic mass is 10.2. The number of rotatable bonds is 5. The molecule has 19 heavy (non-hydrogen) atoms. The fourth-order valence-corrected chi connectivity index (χ4v) is 3.03. The molecular weight excluding hydrogens is 256 g/mol. The van der Waals surface area contributed by atoms with E-state index < -0.39 is 0 Å². The van der Waals surface area contributed by atoms with Gasteiger partial charge in [0, 0.05) is 44.1 Å². The highest BCUT2D eigenvalue weighted by molar-refractivity contribution is 7.98. The molecule has 2 rings (SSSR count). The summed E-state index contributed by atoms with van der Waals surface area (Å²) in [5.41, 5.74) is 1.33. The number of nitrogens with zero attached hydrogens (tertiary/aromatic N) is 2. The van der Waals surface area contributed by atoms with E-state index in [4.69, 9.17) is 0 Å². The lowest BCUT2D eigenvalue weighted by molar-refractivity contribution is -0.132. The minimum Gasteiger partial charge on any atom is -0.340 e. The first-order valence-corrected chi connectivity index (χ1v) is 7.99. The van der Waals surface area contributed by atoms with Crippen molar-refractivity contribution in [2.24, 2.45) is 0 Å². The molecule has 1 fully saturated rings. The van der Waals surface area contributed by atoms with Crippen molar-refractivity contribution in [2.75, 3.05) is 39.0 Å². The molecule has 0 aliphatic carbocycles. The molecule has 1 aromatic rings. The van der Waals surface area contributed by atoms with Crippen molar-refractivity contribution in [3.05, 3.63) is 35.9 Å². The first-order chi connectivity index (χ1) is 9.25. The van der Waals surface area contributed by atoms with E-state index in [2.05, 4.69) is 36.2 Å². The number of thioether (sulfide) groups is 1. The number of likely N-dealkylation sites (N-methyl/N-ethyl adjacent to an activating group) is 1. The third-order valence-electron chi connectivity index (χ3n) is 3.43. The van der Waals surface area contributed by atoms with Crippen molar-refractivity contribution >= 4 is 17.7 Å². The number of hydrogen-bond acceptors (Lipinski definition) is 3. The van der Waals surface area contributed by atoms with Gasteiger partial charge in [-0.15, -0.1) is 0 Å². The first kappa shape index (κ1) is 14.4. The van der Waals surface area contributed by atoms with Crippen molar-refractivity contribution in [3.8, 4) is 0 Å². The fraction of sp³-hybridized carbons (Fsp3) is 0.533. The maximum atomic E-state index is 12.0. The predicted octanol–water partition coefficient (Wildman–Crippen LogP) is 2.08. The Hall–Kier alpha value is -1.00. The Morgan fingerprint density at radius 3 is 2.53 bits per heavy atom. The second kappa shape index (κ2) is 7.56. The molecule has 3 nitrogen and oxygen atoms in total. The summed E-state index contributed by atoms with van der Waals surface area (Å²) in [7, 11) is 2.11. The molecule has 1 saturated heterocycles. The van der Waals surface area contributed by atoms with Crippen LogP contribution < -0.4 is 0 Å². The van der Waals surface area contributed by atoms with Gasteiger partial charge >= 0.3 is 0 Å². The first-order valence-electron chi connectivity index (χ1n) is 6.83. The third kappa shape index (κ3) is 4.88. The van der Waals surface area contributed by atoms with Gasteiger partial charge in [0.25, 0.3) is 0 Å². The van der Waals surface area contributed by atoms with E-state index in [0.717, 1.165) is 37.7 Å². The van der Waals surface area contributed by atoms with E-state index in [9.17, 15) is 4.79 Å². The normalized spacial score (nSPS) is 16.6. The molecule has 0 saturated carbocycles. The quantitative estimate of drug-likeness (QED) is 0.771. The maximum Gasteiger partial charge on any atom is 0.223 e. The Morgan fingerprint density at radius 1 is 1.16 bits per heavy atom. The number of amides is 1. The van der Waals surface area contributed by atoms with Gasteiger partial charge in [0.05, 0.1) is 0 Å². The summed E-state index contributed by atoms with van der Waals surface area (Å²) in [4.78, 5) is 16.3. The van der Waals surface area contributed by atoms with Gasteiger partial charge < -0.3 is 9.80 Å². The molecule has 1 aliphatic heterocycles. The van der Waals surface area contributed by atoms with E-state index in [1.165, 1.54) is 5.56 Å². The Labute approximate surface area is 120 Å². The van der Waals surface area contributed by atoms with Gasteiger partial charge in [0.2, 0.25) is 5.91 Å². The molecule has 104 valence electrons. The van der Waals surface area contributed by atoms with Crippen LogP contribution in [0.15, 0.2) is 30.3 Å². The van der Waals surface area contributed by atoms with Crippen molar-refractivity contribution in [2.45, 2.75) is 12.2 Å². The van der Waals surface area contributed by atoms with E-state index in [1.807, 2.05) is 22.7 Å². The van der Waals surface area contributed by atoms with Crippen LogP contribution in [0.1, 0.15) is 12.0 Å². The second-order valence-corrected chi connectivity index (χ2v) is 6.08. The summed E-state index contributed by atoms with van der Waals surface area (Å²) in [6.45, 7) is 3.78. The zero-order chi connectivity index (χ0) is 13.5. The van der Waals surface area contributed by atoms with Gasteiger partial charge in [-0.05, 0) is 12.6 Å². The third-order valence-corrected chi connectivity index (χ3v) is 4.46. The molecule has 0 radical (unpaired) electrons. The van der Waals surface area contributed by atoms with Gasteiger partial charge in [0.1, 0.15) is 0 Å². The van der Waals surface area contributed by atoms with Gasteiger partial charge in [-0.2, -0.15) is 11.8 Å². The molecule has 1 amide bonds. The molecule has 1 aliphatic rings. The molecule has 1 aromatic carbocycles. The van der Waals surface area contributed by atoms with Crippen LogP contribution in [0, 0.1) is 0 Å². The fourth-order valence-electron chi connectivity index (χ4n) is 2.14. The number of piperazine rings is 1. The minimum absolute atomic E-state index is 0.314. The molecule has 1 heterocycles. The number of hydrogen-bond donors (Lipinski definition) is 0. The molecule has 0 atom stereocenters. The van der Waals surface area contributed by atoms with Crippen molar-refractivity contribution in [1.29, 1.82) is 0 Å². The van der Waals surface area contributed by atoms with Crippen molar-refractivity contribution in [3.63, 3.8) is 0 Å². The van der Waals surface area contributed by atoms with Gasteiger partial charge in [-0.3, -0.25) is 4.79 Å². The Balaban J connectivity index is 1.61. The zero-order valence-electron chi connectivity index (χ0n) is 11.5. The summed E-state index contributed by atoms with van der Waals surface area (Å²) < 4.78 is 0. The molecule has 0 bridgehead atoms. The molecular formula is C15H22N2OS. The van der Waals surface area contributed by atoms with Crippen LogP contribution in [0.4, 0.5) is 0 Å². The molecule has 0 aromatic heterocycles. The van der Waals surface area contributed by atoms with E-state index in [0.29, 0.717) is 12.3 Å². The SMILES string of the molecule is CN1CCN(C(=O)CCSCc2ccccc2)CC1. The highest BCUT2D eigenvalue weighted by atomic mass is 32.2. The predicted molar refractivity (Wildman–Crippen MR) is 81.3 cm³/mol. The van der Waals surface area contributed by atoms with Crippen LogP contribution in [-0.2, 0) is 10.5 Å². The van der Waals surface area contributed by atoms with Crippen molar-refractivity contribution in [1.82, 2.24) is 9.80 Å². The summed E-state index contributed by atoms with van der Waals surface area (Å²) in [6.07, 6.45) is 0.668. The number of carbonyl (C=O) groups excluding carboxylic acids is 1. The lowest BCUT2D eigenvalue weighted by Crippen LogP contribution is -2.47. The topological polar surface area (TPSA) is 23.6 Å². The highest BCUT2D eigenvalue weighted by Crippen LogP contribution is 2.13. The zero-order valence-corrected chi connectivity index (χ0v) is 12.4. The smallest absolute Gasteiger partial charge is 0.223 e. The number of benzene rings is 1. The monoisotopic (exact) mass is 278 g/mol. The molecule has 0 unspecified atom stereocenters. The number of carbonyl (C=O) groups is 1.